The number of carbonyl (C=O) groups excluding carboxylic acids is 1. The first-order valence-electron chi connectivity index (χ1n) is 7.54. The highest BCUT2D eigenvalue weighted by Gasteiger charge is 2.15. The van der Waals surface area contributed by atoms with E-state index in [1.165, 1.54) is 6.33 Å². The van der Waals surface area contributed by atoms with Crippen molar-refractivity contribution in [2.45, 2.75) is 40.5 Å². The smallest absolute Gasteiger partial charge is 0.226 e. The zero-order chi connectivity index (χ0) is 16.2. The van der Waals surface area contributed by atoms with Crippen LogP contribution < -0.4 is 4.74 Å². The highest BCUT2D eigenvalue weighted by Crippen LogP contribution is 2.27. The lowest BCUT2D eigenvalue weighted by Crippen LogP contribution is -2.17. The van der Waals surface area contributed by atoms with Crippen molar-refractivity contribution >= 4 is 22.9 Å². The normalized spacial score (nSPS) is 12.2. The van der Waals surface area contributed by atoms with E-state index in [0.717, 1.165) is 16.6 Å². The Hall–Kier alpha value is -2.17. The van der Waals surface area contributed by atoms with Crippen LogP contribution in [-0.2, 0) is 4.79 Å². The quantitative estimate of drug-likeness (QED) is 0.882. The van der Waals surface area contributed by atoms with E-state index in [2.05, 4.69) is 35.7 Å². The summed E-state index contributed by atoms with van der Waals surface area (Å²) in [6, 6.07) is 0. The van der Waals surface area contributed by atoms with Gasteiger partial charge in [0.15, 0.2) is 0 Å². The van der Waals surface area contributed by atoms with Gasteiger partial charge in [0.05, 0.1) is 12.0 Å². The van der Waals surface area contributed by atoms with Crippen LogP contribution in [0.15, 0.2) is 18.6 Å². The van der Waals surface area contributed by atoms with Crippen LogP contribution in [0.1, 0.15) is 46.1 Å². The van der Waals surface area contributed by atoms with Crippen molar-refractivity contribution in [3.8, 4) is 5.88 Å². The molecule has 5 heteroatoms. The average molecular weight is 301 g/mol. The van der Waals surface area contributed by atoms with E-state index >= 15 is 0 Å². The molecule has 0 atom stereocenters. The van der Waals surface area contributed by atoms with Crippen LogP contribution in [0.5, 0.6) is 5.88 Å². The van der Waals surface area contributed by atoms with Crippen LogP contribution in [0.4, 0.5) is 0 Å². The number of fused-ring (bicyclic) bond motifs is 1. The lowest BCUT2D eigenvalue weighted by Gasteiger charge is -2.18. The molecule has 2 aromatic rings. The Morgan fingerprint density at radius 2 is 2.14 bits per heavy atom. The van der Waals surface area contributed by atoms with Crippen LogP contribution in [0.25, 0.3) is 17.1 Å². The molecule has 118 valence electrons. The Kier molecular flexibility index (Phi) is 4.96. The van der Waals surface area contributed by atoms with Gasteiger partial charge in [-0.05, 0) is 5.41 Å². The summed E-state index contributed by atoms with van der Waals surface area (Å²) in [5.41, 5.74) is 1.72. The number of hydrogen-bond acceptors (Lipinski definition) is 4. The second kappa shape index (κ2) is 6.73. The molecule has 0 aromatic carbocycles. The predicted octanol–water partition coefficient (Wildman–Crippen LogP) is 3.77. The molecule has 0 saturated carbocycles. The molecule has 2 rings (SSSR count). The number of carbonyl (C=O) groups is 1. The molecule has 2 heterocycles. The number of aromatic nitrogens is 3. The zero-order valence-electron chi connectivity index (χ0n) is 13.6. The maximum atomic E-state index is 11.4. The standard InChI is InChI=1S/C17H23N3O2/c1-5-13(21)8-6-7-12-9-18-15-14(12)16(20-11-19-15)22-10-17(2,3)4/h6-7,9,11H,5,8,10H2,1-4H3,(H,18,19,20)/b7-6+. The topological polar surface area (TPSA) is 67.9 Å². The van der Waals surface area contributed by atoms with Gasteiger partial charge in [0.25, 0.3) is 0 Å². The number of nitrogens with one attached hydrogen (secondary N) is 1. The molecule has 0 amide bonds. The van der Waals surface area contributed by atoms with E-state index < -0.39 is 0 Å². The maximum absolute atomic E-state index is 11.4. The molecular weight excluding hydrogens is 278 g/mol. The predicted molar refractivity (Wildman–Crippen MR) is 87.8 cm³/mol. The van der Waals surface area contributed by atoms with Gasteiger partial charge >= 0.3 is 0 Å². The van der Waals surface area contributed by atoms with Crippen molar-refractivity contribution in [3.05, 3.63) is 24.2 Å². The summed E-state index contributed by atoms with van der Waals surface area (Å²) in [7, 11) is 0. The Morgan fingerprint density at radius 3 is 2.82 bits per heavy atom. The summed E-state index contributed by atoms with van der Waals surface area (Å²) in [5.74, 6) is 0.791. The van der Waals surface area contributed by atoms with Crippen LogP contribution in [0.3, 0.4) is 0 Å². The van der Waals surface area contributed by atoms with Crippen molar-refractivity contribution in [2.75, 3.05) is 6.61 Å². The summed E-state index contributed by atoms with van der Waals surface area (Å²) < 4.78 is 5.86. The minimum Gasteiger partial charge on any atom is -0.477 e. The number of allylic oxidation sites excluding steroid dienone is 1. The first kappa shape index (κ1) is 16.2. The van der Waals surface area contributed by atoms with E-state index in [1.54, 1.807) is 0 Å². The van der Waals surface area contributed by atoms with Crippen LogP contribution >= 0.6 is 0 Å². The average Bonchev–Trinajstić information content (AvgIpc) is 2.88. The van der Waals surface area contributed by atoms with E-state index in [1.807, 2.05) is 25.3 Å². The maximum Gasteiger partial charge on any atom is 0.226 e. The zero-order valence-corrected chi connectivity index (χ0v) is 13.6. The molecule has 0 saturated heterocycles. The molecule has 0 bridgehead atoms. The number of Topliss-reactive ketones (excluding diaryl/α,β-unsaturated/α-hetero) is 1. The third-order valence-corrected chi connectivity index (χ3v) is 3.14. The van der Waals surface area contributed by atoms with Crippen LogP contribution in [0, 0.1) is 5.41 Å². The molecule has 0 aliphatic rings. The highest BCUT2D eigenvalue weighted by molar-refractivity contribution is 5.91. The minimum absolute atomic E-state index is 0.0527. The van der Waals surface area contributed by atoms with E-state index in [4.69, 9.17) is 4.74 Å². The largest absolute Gasteiger partial charge is 0.477 e. The second-order valence-electron chi connectivity index (χ2n) is 6.49. The van der Waals surface area contributed by atoms with E-state index in [-0.39, 0.29) is 11.2 Å². The lowest BCUT2D eigenvalue weighted by atomic mass is 9.99. The molecule has 0 aliphatic heterocycles. The van der Waals surface area contributed by atoms with Gasteiger partial charge in [-0.1, -0.05) is 39.8 Å². The van der Waals surface area contributed by atoms with Gasteiger partial charge < -0.3 is 9.72 Å². The fraction of sp³-hybridized carbons (Fsp3) is 0.471. The van der Waals surface area contributed by atoms with Crippen molar-refractivity contribution in [2.24, 2.45) is 5.41 Å². The Labute approximate surface area is 130 Å². The third kappa shape index (κ3) is 4.16. The Balaban J connectivity index is 2.26. The molecule has 22 heavy (non-hydrogen) atoms. The summed E-state index contributed by atoms with van der Waals surface area (Å²) in [6.45, 7) is 8.77. The number of nitrogens with zero attached hydrogens (tertiary/aromatic N) is 2. The number of rotatable bonds is 6. The minimum atomic E-state index is 0.0527. The molecule has 0 radical (unpaired) electrons. The van der Waals surface area contributed by atoms with Crippen LogP contribution in [0.2, 0.25) is 0 Å². The summed E-state index contributed by atoms with van der Waals surface area (Å²) in [4.78, 5) is 23.0. The van der Waals surface area contributed by atoms with Gasteiger partial charge in [0, 0.05) is 24.6 Å². The lowest BCUT2D eigenvalue weighted by molar-refractivity contribution is -0.117. The monoisotopic (exact) mass is 301 g/mol. The highest BCUT2D eigenvalue weighted by atomic mass is 16.5. The first-order chi connectivity index (χ1) is 10.4. The fourth-order valence-corrected chi connectivity index (χ4v) is 1.94. The summed E-state index contributed by atoms with van der Waals surface area (Å²) >= 11 is 0. The summed E-state index contributed by atoms with van der Waals surface area (Å²) in [5, 5.41) is 0.854. The number of H-pyrrole nitrogens is 1. The van der Waals surface area contributed by atoms with Gasteiger partial charge in [-0.2, -0.15) is 0 Å². The van der Waals surface area contributed by atoms with Gasteiger partial charge in [-0.15, -0.1) is 0 Å². The van der Waals surface area contributed by atoms with Crippen molar-refractivity contribution in [1.29, 1.82) is 0 Å². The number of hydrogen-bond donors (Lipinski definition) is 1. The van der Waals surface area contributed by atoms with Gasteiger partial charge in [-0.25, -0.2) is 9.97 Å². The Morgan fingerprint density at radius 1 is 1.36 bits per heavy atom. The number of aromatic amines is 1. The SMILES string of the molecule is CCC(=O)C/C=C/c1c[nH]c2ncnc(OCC(C)(C)C)c12. The Bertz CT molecular complexity index is 681. The molecule has 0 aliphatic carbocycles. The van der Waals surface area contributed by atoms with Crippen molar-refractivity contribution < 1.29 is 9.53 Å². The molecule has 2 aromatic heterocycles. The van der Waals surface area contributed by atoms with Crippen LogP contribution in [-0.4, -0.2) is 27.3 Å². The van der Waals surface area contributed by atoms with Gasteiger partial charge in [-0.3, -0.25) is 4.79 Å². The molecule has 1 N–H and O–H groups in total. The molecule has 0 unspecified atom stereocenters. The van der Waals surface area contributed by atoms with E-state index in [0.29, 0.717) is 25.3 Å². The fourth-order valence-electron chi connectivity index (χ4n) is 1.94. The van der Waals surface area contributed by atoms with E-state index in [9.17, 15) is 4.79 Å². The molecule has 0 spiro atoms. The first-order valence-corrected chi connectivity index (χ1v) is 7.54. The van der Waals surface area contributed by atoms with Crippen molar-refractivity contribution in [3.63, 3.8) is 0 Å². The van der Waals surface area contributed by atoms with Gasteiger partial charge in [0.1, 0.15) is 17.8 Å². The molecule has 0 fully saturated rings. The van der Waals surface area contributed by atoms with Gasteiger partial charge in [0.2, 0.25) is 5.88 Å². The molecule has 5 nitrogen and oxygen atoms in total. The number of ketones is 1. The van der Waals surface area contributed by atoms with Crippen molar-refractivity contribution in [1.82, 2.24) is 15.0 Å². The summed E-state index contributed by atoms with van der Waals surface area (Å²) in [6.07, 6.45) is 8.13. The molecular formula is C17H23N3O2. The third-order valence-electron chi connectivity index (χ3n) is 3.14. The number of ether oxygens (including phenoxy) is 1. The second-order valence-corrected chi connectivity index (χ2v) is 6.49.